The van der Waals surface area contributed by atoms with Gasteiger partial charge < -0.3 is 9.88 Å². The number of pyridine rings is 1. The van der Waals surface area contributed by atoms with Gasteiger partial charge in [-0.1, -0.05) is 0 Å². The summed E-state index contributed by atoms with van der Waals surface area (Å²) in [4.78, 5) is 35.3. The monoisotopic (exact) mass is 355 g/mol. The normalized spacial score (nSPS) is 10.7. The highest BCUT2D eigenvalue weighted by Gasteiger charge is 2.17. The van der Waals surface area contributed by atoms with Crippen molar-refractivity contribution in [3.8, 4) is 0 Å². The quantitative estimate of drug-likeness (QED) is 0.577. The predicted octanol–water partition coefficient (Wildman–Crippen LogP) is 3.15. The number of nitrogens with zero attached hydrogens (tertiary/aromatic N) is 2. The molecule has 0 saturated heterocycles. The van der Waals surface area contributed by atoms with E-state index in [0.29, 0.717) is 16.8 Å². The lowest BCUT2D eigenvalue weighted by Gasteiger charge is -2.11. The zero-order valence-electron chi connectivity index (χ0n) is 13.9. The van der Waals surface area contributed by atoms with E-state index in [0.717, 1.165) is 6.07 Å². The fraction of sp³-hybridized carbons (Fsp3) is 0.111. The molecule has 2 aromatic carbocycles. The van der Waals surface area contributed by atoms with Crippen molar-refractivity contribution in [2.45, 2.75) is 6.92 Å². The minimum absolute atomic E-state index is 0.0978. The van der Waals surface area contributed by atoms with E-state index in [2.05, 4.69) is 5.32 Å². The third kappa shape index (κ3) is 3.04. The SMILES string of the molecule is Cc1cc([N+](=O)[O-])ccc1NC(=O)c1cn(C)c2ccc(F)cc2c1=O. The largest absolute Gasteiger partial charge is 0.350 e. The van der Waals surface area contributed by atoms with E-state index in [1.54, 1.807) is 18.5 Å². The molecule has 1 N–H and O–H groups in total. The molecule has 7 nitrogen and oxygen atoms in total. The van der Waals surface area contributed by atoms with E-state index in [1.807, 2.05) is 0 Å². The molecule has 3 rings (SSSR count). The van der Waals surface area contributed by atoms with Gasteiger partial charge in [0.25, 0.3) is 11.6 Å². The summed E-state index contributed by atoms with van der Waals surface area (Å²) < 4.78 is 15.0. The van der Waals surface area contributed by atoms with Crippen LogP contribution in [0, 0.1) is 22.9 Å². The summed E-state index contributed by atoms with van der Waals surface area (Å²) in [5.74, 6) is -1.24. The van der Waals surface area contributed by atoms with Gasteiger partial charge in [0, 0.05) is 36.5 Å². The molecule has 1 amide bonds. The Bertz CT molecular complexity index is 1120. The molecule has 0 aliphatic rings. The molecule has 0 aliphatic carbocycles. The first kappa shape index (κ1) is 17.3. The highest BCUT2D eigenvalue weighted by molar-refractivity contribution is 6.06. The lowest BCUT2D eigenvalue weighted by atomic mass is 10.1. The minimum atomic E-state index is -0.672. The maximum absolute atomic E-state index is 13.5. The third-order valence-corrected chi connectivity index (χ3v) is 4.06. The van der Waals surface area contributed by atoms with Crippen molar-refractivity contribution >= 4 is 28.2 Å². The Hall–Kier alpha value is -3.55. The van der Waals surface area contributed by atoms with Crippen LogP contribution in [0.15, 0.2) is 47.4 Å². The molecule has 0 atom stereocenters. The number of nitro benzene ring substituents is 1. The maximum Gasteiger partial charge on any atom is 0.269 e. The third-order valence-electron chi connectivity index (χ3n) is 4.06. The van der Waals surface area contributed by atoms with Crippen LogP contribution >= 0.6 is 0 Å². The number of nitrogens with one attached hydrogen (secondary N) is 1. The topological polar surface area (TPSA) is 94.2 Å². The molecule has 0 saturated carbocycles. The summed E-state index contributed by atoms with van der Waals surface area (Å²) in [6, 6.07) is 7.78. The molecule has 0 bridgehead atoms. The number of aromatic nitrogens is 1. The van der Waals surface area contributed by atoms with Crippen molar-refractivity contribution in [1.29, 1.82) is 0 Å². The molecule has 3 aromatic rings. The van der Waals surface area contributed by atoms with Gasteiger partial charge in [0.1, 0.15) is 11.4 Å². The van der Waals surface area contributed by atoms with Crippen LogP contribution in [0.25, 0.3) is 10.9 Å². The molecule has 0 spiro atoms. The van der Waals surface area contributed by atoms with Gasteiger partial charge in [0.2, 0.25) is 5.43 Å². The van der Waals surface area contributed by atoms with Gasteiger partial charge in [-0.05, 0) is 36.8 Å². The molecule has 132 valence electrons. The molecular formula is C18H14FN3O4. The number of non-ortho nitro benzene ring substituents is 1. The molecule has 1 heterocycles. The number of halogens is 1. The van der Waals surface area contributed by atoms with Crippen molar-refractivity contribution in [2.75, 3.05) is 5.32 Å². The zero-order valence-corrected chi connectivity index (χ0v) is 13.9. The lowest BCUT2D eigenvalue weighted by Crippen LogP contribution is -2.23. The Morgan fingerprint density at radius 3 is 2.62 bits per heavy atom. The van der Waals surface area contributed by atoms with E-state index < -0.39 is 22.1 Å². The summed E-state index contributed by atoms with van der Waals surface area (Å²) in [7, 11) is 1.65. The van der Waals surface area contributed by atoms with Crippen molar-refractivity contribution in [3.05, 3.63) is 79.9 Å². The smallest absolute Gasteiger partial charge is 0.269 e. The number of carbonyl (C=O) groups is 1. The maximum atomic E-state index is 13.5. The number of rotatable bonds is 3. The summed E-state index contributed by atoms with van der Waals surface area (Å²) >= 11 is 0. The van der Waals surface area contributed by atoms with Crippen molar-refractivity contribution < 1.29 is 14.1 Å². The number of hydrogen-bond donors (Lipinski definition) is 1. The molecule has 0 radical (unpaired) electrons. The van der Waals surface area contributed by atoms with E-state index in [1.165, 1.54) is 36.5 Å². The van der Waals surface area contributed by atoms with Crippen LogP contribution in [-0.2, 0) is 7.05 Å². The molecule has 1 aromatic heterocycles. The number of nitro groups is 1. The van der Waals surface area contributed by atoms with Gasteiger partial charge in [0.15, 0.2) is 0 Å². The molecule has 0 unspecified atom stereocenters. The van der Waals surface area contributed by atoms with Gasteiger partial charge in [-0.25, -0.2) is 4.39 Å². The second-order valence-electron chi connectivity index (χ2n) is 5.85. The van der Waals surface area contributed by atoms with Crippen molar-refractivity contribution in [1.82, 2.24) is 4.57 Å². The number of aryl methyl sites for hydroxylation is 2. The second-order valence-corrected chi connectivity index (χ2v) is 5.85. The van der Waals surface area contributed by atoms with Gasteiger partial charge in [0.05, 0.1) is 10.4 Å². The van der Waals surface area contributed by atoms with Gasteiger partial charge in [-0.2, -0.15) is 0 Å². The molecule has 8 heteroatoms. The number of anilines is 1. The first-order valence-corrected chi connectivity index (χ1v) is 7.63. The number of carbonyl (C=O) groups excluding carboxylic acids is 1. The van der Waals surface area contributed by atoms with Gasteiger partial charge in [-0.3, -0.25) is 19.7 Å². The molecular weight excluding hydrogens is 341 g/mol. The number of amides is 1. The fourth-order valence-electron chi connectivity index (χ4n) is 2.72. The Balaban J connectivity index is 2.02. The summed E-state index contributed by atoms with van der Waals surface area (Å²) in [5, 5.41) is 13.5. The van der Waals surface area contributed by atoms with Crippen LogP contribution in [0.1, 0.15) is 15.9 Å². The number of fused-ring (bicyclic) bond motifs is 1. The molecule has 0 fully saturated rings. The number of benzene rings is 2. The first-order valence-electron chi connectivity index (χ1n) is 7.63. The van der Waals surface area contributed by atoms with Gasteiger partial charge in [-0.15, -0.1) is 0 Å². The highest BCUT2D eigenvalue weighted by atomic mass is 19.1. The Kier molecular flexibility index (Phi) is 4.25. The average Bonchev–Trinajstić information content (AvgIpc) is 2.59. The summed E-state index contributed by atoms with van der Waals surface area (Å²) in [6.07, 6.45) is 1.37. The van der Waals surface area contributed by atoms with Crippen LogP contribution in [0.3, 0.4) is 0 Å². The van der Waals surface area contributed by atoms with E-state index in [-0.39, 0.29) is 16.6 Å². The van der Waals surface area contributed by atoms with Crippen LogP contribution in [0.2, 0.25) is 0 Å². The molecule has 26 heavy (non-hydrogen) atoms. The van der Waals surface area contributed by atoms with Crippen LogP contribution in [0.5, 0.6) is 0 Å². The lowest BCUT2D eigenvalue weighted by molar-refractivity contribution is -0.384. The predicted molar refractivity (Wildman–Crippen MR) is 94.9 cm³/mol. The van der Waals surface area contributed by atoms with Crippen LogP contribution < -0.4 is 10.7 Å². The van der Waals surface area contributed by atoms with E-state index in [4.69, 9.17) is 0 Å². The van der Waals surface area contributed by atoms with Crippen molar-refractivity contribution in [2.24, 2.45) is 7.05 Å². The Morgan fingerprint density at radius 2 is 1.96 bits per heavy atom. The van der Waals surface area contributed by atoms with Crippen LogP contribution in [-0.4, -0.2) is 15.4 Å². The Labute approximate surface area is 146 Å². The summed E-state index contributed by atoms with van der Waals surface area (Å²) in [6.45, 7) is 1.61. The number of hydrogen-bond acceptors (Lipinski definition) is 4. The standard InChI is InChI=1S/C18H14FN3O4/c1-10-7-12(22(25)26)4-5-15(10)20-18(24)14-9-21(2)16-6-3-11(19)8-13(16)17(14)23/h3-9H,1-2H3,(H,20,24). The van der Waals surface area contributed by atoms with E-state index >= 15 is 0 Å². The highest BCUT2D eigenvalue weighted by Crippen LogP contribution is 2.22. The zero-order chi connectivity index (χ0) is 19.0. The second kappa shape index (κ2) is 6.40. The minimum Gasteiger partial charge on any atom is -0.350 e. The molecule has 0 aliphatic heterocycles. The first-order chi connectivity index (χ1) is 12.3. The van der Waals surface area contributed by atoms with Crippen molar-refractivity contribution in [3.63, 3.8) is 0 Å². The van der Waals surface area contributed by atoms with Crippen LogP contribution in [0.4, 0.5) is 15.8 Å². The Morgan fingerprint density at radius 1 is 1.23 bits per heavy atom. The fourth-order valence-corrected chi connectivity index (χ4v) is 2.72. The van der Waals surface area contributed by atoms with Gasteiger partial charge >= 0.3 is 0 Å². The summed E-state index contributed by atoms with van der Waals surface area (Å²) in [5.41, 5.74) is 0.494. The average molecular weight is 355 g/mol. The van der Waals surface area contributed by atoms with E-state index in [9.17, 15) is 24.1 Å².